The van der Waals surface area contributed by atoms with Crippen molar-refractivity contribution in [2.24, 2.45) is 5.92 Å². The van der Waals surface area contributed by atoms with Crippen LogP contribution in [0, 0.1) is 5.92 Å². The van der Waals surface area contributed by atoms with E-state index in [1.165, 1.54) is 0 Å². The van der Waals surface area contributed by atoms with Gasteiger partial charge in [-0.3, -0.25) is 0 Å². The van der Waals surface area contributed by atoms with Crippen molar-refractivity contribution in [2.75, 3.05) is 0 Å². The molecule has 0 aromatic heterocycles. The van der Waals surface area contributed by atoms with E-state index in [1.807, 2.05) is 0 Å². The number of rotatable bonds is 0. The van der Waals surface area contributed by atoms with Crippen LogP contribution in [0.4, 0.5) is 0 Å². The van der Waals surface area contributed by atoms with Crippen molar-refractivity contribution in [1.29, 1.82) is 0 Å². The fourth-order valence-electron chi connectivity index (χ4n) is 0. The molecule has 0 aliphatic heterocycles. The standard InChI is InChI=1S/C4H10.Li.H/c1-4(2)3;;/h4H,1-3H3;;/q;+1;-1. The van der Waals surface area contributed by atoms with Crippen molar-refractivity contribution in [1.82, 2.24) is 0 Å². The first-order valence-corrected chi connectivity index (χ1v) is 1.73. The van der Waals surface area contributed by atoms with E-state index >= 15 is 0 Å². The molecule has 0 atom stereocenters. The van der Waals surface area contributed by atoms with Gasteiger partial charge in [0.25, 0.3) is 0 Å². The fourth-order valence-corrected chi connectivity index (χ4v) is 0. The first-order valence-electron chi connectivity index (χ1n) is 1.73. The minimum atomic E-state index is 0. The van der Waals surface area contributed by atoms with Gasteiger partial charge in [-0.2, -0.15) is 0 Å². The summed E-state index contributed by atoms with van der Waals surface area (Å²) in [5, 5.41) is 0. The molecule has 0 rings (SSSR count). The largest absolute Gasteiger partial charge is 1.00 e. The van der Waals surface area contributed by atoms with Crippen LogP contribution in [-0.4, -0.2) is 0 Å². The Kier molecular flexibility index (Phi) is 8.41. The molecule has 0 aromatic rings. The Morgan fingerprint density at radius 2 is 1.20 bits per heavy atom. The average molecular weight is 66.1 g/mol. The van der Waals surface area contributed by atoms with Crippen molar-refractivity contribution in [3.63, 3.8) is 0 Å². The normalized spacial score (nSPS) is 7.20. The Labute approximate surface area is 47.6 Å². The second-order valence-electron chi connectivity index (χ2n) is 1.73. The van der Waals surface area contributed by atoms with Crippen LogP contribution in [0.2, 0.25) is 0 Å². The van der Waals surface area contributed by atoms with Crippen LogP contribution in [0.3, 0.4) is 0 Å². The summed E-state index contributed by atoms with van der Waals surface area (Å²) in [4.78, 5) is 0. The monoisotopic (exact) mass is 66.1 g/mol. The van der Waals surface area contributed by atoms with E-state index in [0.29, 0.717) is 0 Å². The topological polar surface area (TPSA) is 0 Å². The van der Waals surface area contributed by atoms with Gasteiger partial charge in [-0.25, -0.2) is 0 Å². The molecule has 0 fully saturated rings. The average Bonchev–Trinajstić information content (AvgIpc) is 0.811. The van der Waals surface area contributed by atoms with Gasteiger partial charge in [-0.1, -0.05) is 20.8 Å². The van der Waals surface area contributed by atoms with Crippen LogP contribution < -0.4 is 18.9 Å². The molecule has 0 heterocycles. The van der Waals surface area contributed by atoms with Crippen LogP contribution in [0.25, 0.3) is 0 Å². The van der Waals surface area contributed by atoms with Crippen molar-refractivity contribution < 1.29 is 20.3 Å². The zero-order valence-corrected chi connectivity index (χ0v) is 4.58. The van der Waals surface area contributed by atoms with Crippen LogP contribution in [0.15, 0.2) is 0 Å². The number of hydrogen-bond acceptors (Lipinski definition) is 0. The molecule has 1 heteroatoms. The minimum absolute atomic E-state index is 0. The van der Waals surface area contributed by atoms with Crippen molar-refractivity contribution in [3.8, 4) is 0 Å². The third-order valence-electron chi connectivity index (χ3n) is 0. The van der Waals surface area contributed by atoms with Gasteiger partial charge in [0.05, 0.1) is 0 Å². The fraction of sp³-hybridized carbons (Fsp3) is 1.00. The van der Waals surface area contributed by atoms with Gasteiger partial charge in [0.2, 0.25) is 0 Å². The Balaban J connectivity index is -0.0000000450. The third-order valence-corrected chi connectivity index (χ3v) is 0. The van der Waals surface area contributed by atoms with E-state index in [-0.39, 0.29) is 20.3 Å². The van der Waals surface area contributed by atoms with Gasteiger partial charge in [-0.05, 0) is 5.92 Å². The SMILES string of the molecule is CC(C)C.[H-].[Li+]. The molecule has 0 spiro atoms. The molecule has 0 saturated heterocycles. The smallest absolute Gasteiger partial charge is 1.00 e. The molecule has 0 nitrogen and oxygen atoms in total. The minimum Gasteiger partial charge on any atom is -1.00 e. The molecule has 0 bridgehead atoms. The van der Waals surface area contributed by atoms with Gasteiger partial charge in [-0.15, -0.1) is 0 Å². The molecule has 0 aliphatic carbocycles. The zero-order chi connectivity index (χ0) is 3.58. The maximum absolute atomic E-state index is 2.17. The predicted molar refractivity (Wildman–Crippen MR) is 21.6 cm³/mol. The number of hydrogen-bond donors (Lipinski definition) is 0. The first kappa shape index (κ1) is 9.14. The summed E-state index contributed by atoms with van der Waals surface area (Å²) >= 11 is 0. The van der Waals surface area contributed by atoms with Gasteiger partial charge in [0.1, 0.15) is 0 Å². The summed E-state index contributed by atoms with van der Waals surface area (Å²) in [6.07, 6.45) is 0. The van der Waals surface area contributed by atoms with E-state index in [0.717, 1.165) is 5.92 Å². The van der Waals surface area contributed by atoms with Crippen molar-refractivity contribution in [3.05, 3.63) is 0 Å². The second kappa shape index (κ2) is 4.60. The summed E-state index contributed by atoms with van der Waals surface area (Å²) in [5.74, 6) is 0.833. The van der Waals surface area contributed by atoms with Gasteiger partial charge in [0, 0.05) is 0 Å². The molecule has 0 unspecified atom stereocenters. The van der Waals surface area contributed by atoms with Gasteiger partial charge >= 0.3 is 18.9 Å². The first-order chi connectivity index (χ1) is 1.73. The molecular formula is C4H11Li. The second-order valence-corrected chi connectivity index (χ2v) is 1.73. The molecule has 0 N–H and O–H groups in total. The van der Waals surface area contributed by atoms with Crippen LogP contribution in [0.1, 0.15) is 22.2 Å². The summed E-state index contributed by atoms with van der Waals surface area (Å²) in [6.45, 7) is 6.50. The third kappa shape index (κ3) is 86.9. The summed E-state index contributed by atoms with van der Waals surface area (Å²) in [5.41, 5.74) is 0. The van der Waals surface area contributed by atoms with Gasteiger partial charge < -0.3 is 1.43 Å². The van der Waals surface area contributed by atoms with Crippen LogP contribution in [-0.2, 0) is 0 Å². The molecular weight excluding hydrogens is 55.0 g/mol. The molecule has 0 amide bonds. The maximum Gasteiger partial charge on any atom is 1.00 e. The molecule has 0 aliphatic rings. The molecule has 0 saturated carbocycles. The molecule has 28 valence electrons. The molecule has 0 aromatic carbocycles. The van der Waals surface area contributed by atoms with E-state index < -0.39 is 0 Å². The summed E-state index contributed by atoms with van der Waals surface area (Å²) < 4.78 is 0. The maximum atomic E-state index is 2.17. The predicted octanol–water partition coefficient (Wildman–Crippen LogP) is -1.22. The van der Waals surface area contributed by atoms with Crippen LogP contribution >= 0.6 is 0 Å². The van der Waals surface area contributed by atoms with Crippen molar-refractivity contribution in [2.45, 2.75) is 20.8 Å². The Morgan fingerprint density at radius 1 is 1.20 bits per heavy atom. The zero-order valence-electron chi connectivity index (χ0n) is 5.58. The Morgan fingerprint density at radius 3 is 1.20 bits per heavy atom. The quantitative estimate of drug-likeness (QED) is 0.311. The molecule has 0 radical (unpaired) electrons. The summed E-state index contributed by atoms with van der Waals surface area (Å²) in [7, 11) is 0. The van der Waals surface area contributed by atoms with Gasteiger partial charge in [0.15, 0.2) is 0 Å². The van der Waals surface area contributed by atoms with E-state index in [9.17, 15) is 0 Å². The van der Waals surface area contributed by atoms with Crippen LogP contribution in [0.5, 0.6) is 0 Å². The van der Waals surface area contributed by atoms with E-state index in [4.69, 9.17) is 0 Å². The van der Waals surface area contributed by atoms with Crippen molar-refractivity contribution >= 4 is 0 Å². The summed E-state index contributed by atoms with van der Waals surface area (Å²) in [6, 6.07) is 0. The van der Waals surface area contributed by atoms with E-state index in [2.05, 4.69) is 20.8 Å². The Bertz CT molecular complexity index is 12.3. The van der Waals surface area contributed by atoms with E-state index in [1.54, 1.807) is 0 Å². The molecule has 5 heavy (non-hydrogen) atoms. The Hall–Kier alpha value is 0.597.